The first-order valence-corrected chi connectivity index (χ1v) is 17.6. The summed E-state index contributed by atoms with van der Waals surface area (Å²) in [6.45, 7) is 7.89. The van der Waals surface area contributed by atoms with Crippen molar-refractivity contribution < 1.29 is 14.6 Å². The molecule has 204 valence electrons. The van der Waals surface area contributed by atoms with Crippen LogP contribution in [-0.2, 0) is 22.8 Å². The molecule has 0 aliphatic heterocycles. The molecule has 0 fully saturated rings. The maximum absolute atomic E-state index is 11.6. The number of nitrogens with two attached hydrogens (primary N) is 1. The van der Waals surface area contributed by atoms with Crippen LogP contribution < -0.4 is 5.73 Å². The van der Waals surface area contributed by atoms with Gasteiger partial charge in [0, 0.05) is 47.0 Å². The summed E-state index contributed by atoms with van der Waals surface area (Å²) in [6.07, 6.45) is 5.25. The number of benzene rings is 2. The van der Waals surface area contributed by atoms with E-state index in [0.717, 1.165) is 38.5 Å². The van der Waals surface area contributed by atoms with Gasteiger partial charge in [0.2, 0.25) is 5.95 Å². The molecule has 2 aromatic carbocycles. The molecule has 0 aliphatic carbocycles. The van der Waals surface area contributed by atoms with Gasteiger partial charge in [-0.05, 0) is 41.3 Å². The summed E-state index contributed by atoms with van der Waals surface area (Å²) in [4.78, 5) is 21.3. The Morgan fingerprint density at radius 1 is 1.10 bits per heavy atom. The number of aliphatic carboxylic acids is 1. The minimum Gasteiger partial charge on any atom is -0.480 e. The Kier molecular flexibility index (Phi) is 6.65. The van der Waals surface area contributed by atoms with Crippen molar-refractivity contribution in [1.82, 2.24) is 24.3 Å². The monoisotopic (exact) mass is 570 g/mol. The third kappa shape index (κ3) is 5.10. The Hall–Kier alpha value is -4.06. The number of aromatic nitrogens is 5. The van der Waals surface area contributed by atoms with Crippen molar-refractivity contribution in [3.63, 3.8) is 0 Å². The average Bonchev–Trinajstić information content (AvgIpc) is 3.60. The lowest BCUT2D eigenvalue weighted by atomic mass is 10.0. The fourth-order valence-electron chi connectivity index (χ4n) is 4.89. The average molecular weight is 571 g/mol. The number of nitrogens with zero attached hydrogens (tertiary/aromatic N) is 5. The quantitative estimate of drug-likeness (QED) is 0.154. The Morgan fingerprint density at radius 2 is 1.93 bits per heavy atom. The van der Waals surface area contributed by atoms with Crippen molar-refractivity contribution in [3.05, 3.63) is 61.1 Å². The highest BCUT2D eigenvalue weighted by molar-refractivity contribution is 7.22. The molecular weight excluding hydrogens is 541 g/mol. The summed E-state index contributed by atoms with van der Waals surface area (Å²) < 4.78 is 10.9. The maximum Gasteiger partial charge on any atom is 0.323 e. The number of hydrogen-bond donors (Lipinski definition) is 2. The third-order valence-electron chi connectivity index (χ3n) is 6.89. The number of carbonyl (C=O) groups is 1. The van der Waals surface area contributed by atoms with E-state index in [-0.39, 0.29) is 12.5 Å². The van der Waals surface area contributed by atoms with E-state index in [0.29, 0.717) is 24.4 Å². The minimum absolute atomic E-state index is 0.135. The minimum atomic E-state index is -1.21. The van der Waals surface area contributed by atoms with Crippen LogP contribution in [0.5, 0.6) is 0 Å². The van der Waals surface area contributed by atoms with Crippen molar-refractivity contribution in [3.8, 4) is 21.6 Å². The van der Waals surface area contributed by atoms with E-state index in [4.69, 9.17) is 15.6 Å². The number of nitrogen functional groups attached to an aromatic ring is 1. The van der Waals surface area contributed by atoms with Crippen molar-refractivity contribution >= 4 is 63.4 Å². The smallest absolute Gasteiger partial charge is 0.323 e. The van der Waals surface area contributed by atoms with Crippen molar-refractivity contribution in [1.29, 1.82) is 0 Å². The van der Waals surface area contributed by atoms with Crippen LogP contribution in [0.1, 0.15) is 0 Å². The number of carboxylic acids is 1. The SMILES string of the molecule is C[Si](C)(C)CCOCn1ncc2cc(-c3cn(CC(=O)O)c4cnc(N)nc34)cc(-c3cc4ccccc4s3)c21. The van der Waals surface area contributed by atoms with Crippen LogP contribution in [0.15, 0.2) is 61.1 Å². The van der Waals surface area contributed by atoms with Gasteiger partial charge in [0.05, 0.1) is 23.4 Å². The number of carboxylic acid groups (broad SMARTS) is 1. The molecule has 40 heavy (non-hydrogen) atoms. The summed E-state index contributed by atoms with van der Waals surface area (Å²) in [5, 5.41) is 16.3. The van der Waals surface area contributed by atoms with Crippen LogP contribution in [0.2, 0.25) is 25.7 Å². The molecule has 9 nitrogen and oxygen atoms in total. The molecule has 0 atom stereocenters. The summed E-state index contributed by atoms with van der Waals surface area (Å²) in [7, 11) is -1.21. The van der Waals surface area contributed by atoms with E-state index in [2.05, 4.69) is 59.9 Å². The molecule has 11 heteroatoms. The number of ether oxygens (including phenoxy) is 1. The number of thiophene rings is 1. The lowest BCUT2D eigenvalue weighted by Crippen LogP contribution is -2.22. The summed E-state index contributed by atoms with van der Waals surface area (Å²) in [6, 6.07) is 15.8. The Bertz CT molecular complexity index is 1850. The van der Waals surface area contributed by atoms with E-state index in [1.807, 2.05) is 29.2 Å². The summed E-state index contributed by atoms with van der Waals surface area (Å²) in [5.41, 5.74) is 10.9. The molecule has 0 saturated carbocycles. The zero-order valence-corrected chi connectivity index (χ0v) is 24.4. The molecule has 0 unspecified atom stereocenters. The van der Waals surface area contributed by atoms with Gasteiger partial charge in [0.15, 0.2) is 0 Å². The first kappa shape index (κ1) is 26.2. The predicted octanol–water partition coefficient (Wildman–Crippen LogP) is 6.31. The van der Waals surface area contributed by atoms with Crippen LogP contribution in [-0.4, -0.2) is 50.1 Å². The van der Waals surface area contributed by atoms with E-state index in [1.165, 1.54) is 10.1 Å². The molecule has 3 N–H and O–H groups in total. The van der Waals surface area contributed by atoms with Crippen LogP contribution >= 0.6 is 11.3 Å². The van der Waals surface area contributed by atoms with Gasteiger partial charge in [-0.15, -0.1) is 11.3 Å². The fraction of sp³-hybridized carbons (Fsp3) is 0.241. The first-order chi connectivity index (χ1) is 19.2. The van der Waals surface area contributed by atoms with E-state index in [1.54, 1.807) is 22.1 Å². The van der Waals surface area contributed by atoms with Gasteiger partial charge >= 0.3 is 5.97 Å². The van der Waals surface area contributed by atoms with Gasteiger partial charge < -0.3 is 20.1 Å². The van der Waals surface area contributed by atoms with Gasteiger partial charge in [0.25, 0.3) is 0 Å². The lowest BCUT2D eigenvalue weighted by Gasteiger charge is -2.16. The van der Waals surface area contributed by atoms with E-state index in [9.17, 15) is 9.90 Å². The molecule has 0 aliphatic rings. The van der Waals surface area contributed by atoms with Gasteiger partial charge in [-0.25, -0.2) is 14.6 Å². The molecular formula is C29H30N6O3SSi. The van der Waals surface area contributed by atoms with Crippen molar-refractivity contribution in [2.45, 2.75) is 39.0 Å². The third-order valence-corrected chi connectivity index (χ3v) is 9.74. The fourth-order valence-corrected chi connectivity index (χ4v) is 6.73. The van der Waals surface area contributed by atoms with Crippen LogP contribution in [0.25, 0.3) is 53.6 Å². The largest absolute Gasteiger partial charge is 0.480 e. The number of hydrogen-bond acceptors (Lipinski definition) is 7. The summed E-state index contributed by atoms with van der Waals surface area (Å²) in [5.74, 6) is -0.812. The number of fused-ring (bicyclic) bond motifs is 3. The van der Waals surface area contributed by atoms with Gasteiger partial charge in [0.1, 0.15) is 18.8 Å². The topological polar surface area (TPSA) is 121 Å². The molecule has 6 rings (SSSR count). The lowest BCUT2D eigenvalue weighted by molar-refractivity contribution is -0.137. The zero-order valence-electron chi connectivity index (χ0n) is 22.6. The molecule has 0 bridgehead atoms. The van der Waals surface area contributed by atoms with Crippen molar-refractivity contribution in [2.75, 3.05) is 12.3 Å². The maximum atomic E-state index is 11.6. The van der Waals surface area contributed by atoms with Crippen LogP contribution in [0.4, 0.5) is 5.95 Å². The molecule has 4 aromatic heterocycles. The highest BCUT2D eigenvalue weighted by atomic mass is 32.1. The number of rotatable bonds is 9. The second-order valence-electron chi connectivity index (χ2n) is 11.1. The molecule has 0 saturated heterocycles. The Labute approximate surface area is 235 Å². The summed E-state index contributed by atoms with van der Waals surface area (Å²) >= 11 is 1.73. The molecule has 0 radical (unpaired) electrons. The van der Waals surface area contributed by atoms with Gasteiger partial charge in [-0.1, -0.05) is 37.8 Å². The molecule has 0 spiro atoms. The zero-order chi connectivity index (χ0) is 28.0. The van der Waals surface area contributed by atoms with Crippen LogP contribution in [0.3, 0.4) is 0 Å². The molecule has 0 amide bonds. The standard InChI is InChI=1S/C29H30N6O3SSi/c1-40(2,3)9-8-38-17-35-28-20(13-32-35)10-19(11-21(28)25-12-18-6-4-5-7-24(18)39-25)22-15-34(16-26(36)37)23-14-31-29(30)33-27(22)23/h4-7,10-15H,8-9,16-17H2,1-3H3,(H,36,37)(H2,30,31,33). The first-order valence-electron chi connectivity index (χ1n) is 13.1. The van der Waals surface area contributed by atoms with Crippen LogP contribution in [0, 0.1) is 0 Å². The Morgan fingerprint density at radius 3 is 2.70 bits per heavy atom. The van der Waals surface area contributed by atoms with E-state index < -0.39 is 14.0 Å². The van der Waals surface area contributed by atoms with Gasteiger partial charge in [-0.3, -0.25) is 4.79 Å². The van der Waals surface area contributed by atoms with E-state index >= 15 is 0 Å². The highest BCUT2D eigenvalue weighted by Crippen LogP contribution is 2.41. The van der Waals surface area contributed by atoms with Gasteiger partial charge in [-0.2, -0.15) is 5.10 Å². The normalized spacial score (nSPS) is 12.2. The van der Waals surface area contributed by atoms with Crippen molar-refractivity contribution in [2.24, 2.45) is 0 Å². The predicted molar refractivity (Wildman–Crippen MR) is 163 cm³/mol. The second-order valence-corrected chi connectivity index (χ2v) is 17.8. The highest BCUT2D eigenvalue weighted by Gasteiger charge is 2.20. The Balaban J connectivity index is 1.52. The molecule has 6 aromatic rings. The number of anilines is 1. The molecule has 4 heterocycles. The second kappa shape index (κ2) is 10.2.